The zero-order valence-corrected chi connectivity index (χ0v) is 8.34. The van der Waals surface area contributed by atoms with Crippen molar-refractivity contribution in [2.24, 2.45) is 5.73 Å². The summed E-state index contributed by atoms with van der Waals surface area (Å²) >= 11 is 0. The fraction of sp³-hybridized carbons (Fsp3) is 0.111. The first-order chi connectivity index (χ1) is 7.79. The van der Waals surface area contributed by atoms with Crippen molar-refractivity contribution in [3.63, 3.8) is 0 Å². The molecule has 1 aromatic rings. The molecule has 0 radical (unpaired) electrons. The number of anilines is 2. The van der Waals surface area contributed by atoms with Gasteiger partial charge >= 0.3 is 18.1 Å². The van der Waals surface area contributed by atoms with Crippen LogP contribution in [0.25, 0.3) is 0 Å². The minimum absolute atomic E-state index is 0.0985. The Morgan fingerprint density at radius 2 is 1.65 bits per heavy atom. The van der Waals surface area contributed by atoms with Crippen molar-refractivity contribution in [3.05, 3.63) is 24.3 Å². The Morgan fingerprint density at radius 3 is 2.12 bits per heavy atom. The van der Waals surface area contributed by atoms with E-state index in [-0.39, 0.29) is 11.4 Å². The van der Waals surface area contributed by atoms with Crippen LogP contribution in [0.4, 0.5) is 29.3 Å². The van der Waals surface area contributed by atoms with E-state index in [4.69, 9.17) is 5.73 Å². The largest absolute Gasteiger partial charge is 0.471 e. The van der Waals surface area contributed by atoms with Crippen LogP contribution in [-0.4, -0.2) is 18.1 Å². The lowest BCUT2D eigenvalue weighted by Gasteiger charge is -2.09. The Morgan fingerprint density at radius 1 is 1.12 bits per heavy atom. The van der Waals surface area contributed by atoms with Crippen molar-refractivity contribution in [3.8, 4) is 0 Å². The van der Waals surface area contributed by atoms with Gasteiger partial charge in [0.2, 0.25) is 0 Å². The lowest BCUT2D eigenvalue weighted by molar-refractivity contribution is -0.167. The number of primary amides is 1. The maximum absolute atomic E-state index is 11.9. The molecule has 1 aromatic carbocycles. The topological polar surface area (TPSA) is 84.2 Å². The van der Waals surface area contributed by atoms with Crippen LogP contribution in [0, 0.1) is 0 Å². The van der Waals surface area contributed by atoms with Gasteiger partial charge in [0.25, 0.3) is 0 Å². The van der Waals surface area contributed by atoms with Gasteiger partial charge in [-0.1, -0.05) is 6.07 Å². The lowest BCUT2D eigenvalue weighted by atomic mass is 10.2. The van der Waals surface area contributed by atoms with Gasteiger partial charge in [-0.15, -0.1) is 0 Å². The molecule has 1 rings (SSSR count). The van der Waals surface area contributed by atoms with E-state index in [0.29, 0.717) is 0 Å². The van der Waals surface area contributed by atoms with Crippen LogP contribution < -0.4 is 16.4 Å². The van der Waals surface area contributed by atoms with E-state index in [1.807, 2.05) is 0 Å². The molecule has 4 N–H and O–H groups in total. The molecule has 0 bridgehead atoms. The van der Waals surface area contributed by atoms with Crippen LogP contribution in [0.3, 0.4) is 0 Å². The molecule has 0 aliphatic rings. The third-order valence-electron chi connectivity index (χ3n) is 1.65. The molecule has 0 spiro atoms. The molecule has 0 unspecified atom stereocenters. The number of carbonyl (C=O) groups excluding carboxylic acids is 2. The molecule has 0 aromatic heterocycles. The minimum atomic E-state index is -4.97. The van der Waals surface area contributed by atoms with Crippen molar-refractivity contribution < 1.29 is 22.8 Å². The summed E-state index contributed by atoms with van der Waals surface area (Å²) in [6.45, 7) is 0. The van der Waals surface area contributed by atoms with Crippen molar-refractivity contribution in [1.82, 2.24) is 0 Å². The van der Waals surface area contributed by atoms with Crippen LogP contribution in [0.15, 0.2) is 24.3 Å². The molecular weight excluding hydrogens is 239 g/mol. The first-order valence-corrected chi connectivity index (χ1v) is 4.34. The molecule has 0 fully saturated rings. The van der Waals surface area contributed by atoms with Gasteiger partial charge in [-0.3, -0.25) is 4.79 Å². The molecule has 3 amide bonds. The minimum Gasteiger partial charge on any atom is -0.351 e. The fourth-order valence-electron chi connectivity index (χ4n) is 1.02. The molecule has 0 saturated carbocycles. The van der Waals surface area contributed by atoms with Gasteiger partial charge in [0.05, 0.1) is 0 Å². The Hall–Kier alpha value is -2.25. The quantitative estimate of drug-likeness (QED) is 0.742. The highest BCUT2D eigenvalue weighted by Crippen LogP contribution is 2.20. The summed E-state index contributed by atoms with van der Waals surface area (Å²) in [5, 5.41) is 3.80. The second-order valence-corrected chi connectivity index (χ2v) is 3.02. The number of amides is 3. The number of hydrogen-bond acceptors (Lipinski definition) is 2. The molecule has 0 atom stereocenters. The average molecular weight is 247 g/mol. The first kappa shape index (κ1) is 12.8. The third kappa shape index (κ3) is 4.01. The highest BCUT2D eigenvalue weighted by molar-refractivity contribution is 5.96. The Bertz CT molecular complexity index is 445. The van der Waals surface area contributed by atoms with Gasteiger partial charge in [-0.2, -0.15) is 13.2 Å². The van der Waals surface area contributed by atoms with Crippen molar-refractivity contribution in [2.75, 3.05) is 10.6 Å². The average Bonchev–Trinajstić information content (AvgIpc) is 2.15. The van der Waals surface area contributed by atoms with Gasteiger partial charge in [0, 0.05) is 11.4 Å². The maximum Gasteiger partial charge on any atom is 0.471 e. The Kier molecular flexibility index (Phi) is 3.56. The van der Waals surface area contributed by atoms with E-state index in [1.54, 1.807) is 5.32 Å². The summed E-state index contributed by atoms with van der Waals surface area (Å²) in [4.78, 5) is 21.1. The van der Waals surface area contributed by atoms with Crippen LogP contribution in [0.2, 0.25) is 0 Å². The second kappa shape index (κ2) is 4.73. The number of carbonyl (C=O) groups is 2. The zero-order chi connectivity index (χ0) is 13.1. The van der Waals surface area contributed by atoms with E-state index in [2.05, 4.69) is 5.32 Å². The van der Waals surface area contributed by atoms with Gasteiger partial charge in [0.15, 0.2) is 0 Å². The summed E-state index contributed by atoms with van der Waals surface area (Å²) in [6, 6.07) is 4.31. The molecule has 92 valence electrons. The Balaban J connectivity index is 2.79. The zero-order valence-electron chi connectivity index (χ0n) is 8.34. The molecule has 0 aliphatic carbocycles. The molecule has 0 aliphatic heterocycles. The number of urea groups is 1. The van der Waals surface area contributed by atoms with Crippen LogP contribution in [-0.2, 0) is 4.79 Å². The highest BCUT2D eigenvalue weighted by Gasteiger charge is 2.38. The van der Waals surface area contributed by atoms with Crippen LogP contribution in [0.5, 0.6) is 0 Å². The fourth-order valence-corrected chi connectivity index (χ4v) is 1.02. The number of nitrogens with two attached hydrogens (primary N) is 1. The number of halogens is 3. The van der Waals surface area contributed by atoms with Crippen LogP contribution >= 0.6 is 0 Å². The standard InChI is InChI=1S/C9H8F3N3O2/c10-9(11,12)7(16)14-5-2-1-3-6(4-5)15-8(13)17/h1-4H,(H,14,16)(H3,13,15,17). The number of rotatable bonds is 2. The Labute approximate surface area is 93.8 Å². The summed E-state index contributed by atoms with van der Waals surface area (Å²) in [5.41, 5.74) is 4.91. The number of alkyl halides is 3. The smallest absolute Gasteiger partial charge is 0.351 e. The van der Waals surface area contributed by atoms with Gasteiger partial charge < -0.3 is 16.4 Å². The second-order valence-electron chi connectivity index (χ2n) is 3.02. The SMILES string of the molecule is NC(=O)Nc1cccc(NC(=O)C(F)(F)F)c1. The van der Waals surface area contributed by atoms with Crippen LogP contribution in [0.1, 0.15) is 0 Å². The number of benzene rings is 1. The summed E-state index contributed by atoms with van der Waals surface area (Å²) in [6.07, 6.45) is -4.97. The van der Waals surface area contributed by atoms with E-state index >= 15 is 0 Å². The summed E-state index contributed by atoms with van der Waals surface area (Å²) < 4.78 is 35.8. The number of nitrogens with one attached hydrogen (secondary N) is 2. The van der Waals surface area contributed by atoms with E-state index in [0.717, 1.165) is 6.07 Å². The summed E-state index contributed by atoms with van der Waals surface area (Å²) in [7, 11) is 0. The third-order valence-corrected chi connectivity index (χ3v) is 1.65. The molecule has 0 saturated heterocycles. The predicted octanol–water partition coefficient (Wildman–Crippen LogP) is 1.68. The van der Waals surface area contributed by atoms with Crippen molar-refractivity contribution in [1.29, 1.82) is 0 Å². The molecule has 0 heterocycles. The molecular formula is C9H8F3N3O2. The van der Waals surface area contributed by atoms with Gasteiger partial charge in [-0.25, -0.2) is 4.79 Å². The summed E-state index contributed by atoms with van der Waals surface area (Å²) in [5.74, 6) is -2.09. The van der Waals surface area contributed by atoms with E-state index < -0.39 is 18.1 Å². The monoisotopic (exact) mass is 247 g/mol. The van der Waals surface area contributed by atoms with E-state index in [9.17, 15) is 22.8 Å². The van der Waals surface area contributed by atoms with Gasteiger partial charge in [0.1, 0.15) is 0 Å². The maximum atomic E-state index is 11.9. The van der Waals surface area contributed by atoms with Crippen molar-refractivity contribution in [2.45, 2.75) is 6.18 Å². The number of hydrogen-bond donors (Lipinski definition) is 3. The van der Waals surface area contributed by atoms with E-state index in [1.165, 1.54) is 18.2 Å². The molecule has 5 nitrogen and oxygen atoms in total. The molecule has 17 heavy (non-hydrogen) atoms. The van der Waals surface area contributed by atoms with Gasteiger partial charge in [-0.05, 0) is 18.2 Å². The predicted molar refractivity (Wildman–Crippen MR) is 54.3 cm³/mol. The van der Waals surface area contributed by atoms with Crippen molar-refractivity contribution >= 4 is 23.3 Å². The normalized spacial score (nSPS) is 10.8. The molecule has 8 heteroatoms. The highest BCUT2D eigenvalue weighted by atomic mass is 19.4. The first-order valence-electron chi connectivity index (χ1n) is 4.34. The lowest BCUT2D eigenvalue weighted by Crippen LogP contribution is -2.30.